The highest BCUT2D eigenvalue weighted by atomic mass is 16.4. The van der Waals surface area contributed by atoms with Crippen LogP contribution in [0, 0.1) is 0 Å². The molecule has 1 aliphatic heterocycles. The van der Waals surface area contributed by atoms with Crippen molar-refractivity contribution in [2.45, 2.75) is 18.9 Å². The lowest BCUT2D eigenvalue weighted by molar-refractivity contribution is 0.0827. The van der Waals surface area contributed by atoms with Crippen LogP contribution in [-0.2, 0) is 0 Å². The Balaban J connectivity index is 1.76. The molecule has 7 heteroatoms. The third kappa shape index (κ3) is 4.24. The lowest BCUT2D eigenvalue weighted by Crippen LogP contribution is -2.45. The number of aromatic nitrogens is 1. The first-order valence-electron chi connectivity index (χ1n) is 9.36. The number of benzene rings is 1. The highest BCUT2D eigenvalue weighted by Crippen LogP contribution is 2.25. The summed E-state index contributed by atoms with van der Waals surface area (Å²) >= 11 is 0. The molecule has 0 saturated carbocycles. The molecule has 0 aliphatic carbocycles. The van der Waals surface area contributed by atoms with Gasteiger partial charge in [-0.2, -0.15) is 0 Å². The van der Waals surface area contributed by atoms with Crippen molar-refractivity contribution >= 4 is 17.8 Å². The number of carbonyl (C=O) groups is 2. The number of carboxylic acid groups (broad SMARTS) is 1. The summed E-state index contributed by atoms with van der Waals surface area (Å²) in [6.45, 7) is 1.52. The fraction of sp³-hybridized carbons (Fsp3) is 0.381. The van der Waals surface area contributed by atoms with E-state index in [1.54, 1.807) is 32.1 Å². The highest BCUT2D eigenvalue weighted by molar-refractivity contribution is 5.95. The van der Waals surface area contributed by atoms with E-state index >= 15 is 0 Å². The van der Waals surface area contributed by atoms with Crippen LogP contribution in [-0.4, -0.2) is 72.2 Å². The maximum atomic E-state index is 12.2. The SMILES string of the molecule is CN(C)C(=O)c1cccc(-c2cccc(N3CCC(N(C)C(=O)O)CC3)n2)c1. The Kier molecular flexibility index (Phi) is 5.82. The molecule has 0 atom stereocenters. The molecule has 2 heterocycles. The third-order valence-corrected chi connectivity index (χ3v) is 5.18. The Morgan fingerprint density at radius 2 is 1.75 bits per heavy atom. The van der Waals surface area contributed by atoms with Crippen molar-refractivity contribution in [2.24, 2.45) is 0 Å². The van der Waals surface area contributed by atoms with Crippen LogP contribution in [0.15, 0.2) is 42.5 Å². The Morgan fingerprint density at radius 3 is 2.39 bits per heavy atom. The molecule has 148 valence electrons. The summed E-state index contributed by atoms with van der Waals surface area (Å²) in [5.74, 6) is 0.834. The van der Waals surface area contributed by atoms with Gasteiger partial charge in [0.2, 0.25) is 0 Å². The molecule has 0 spiro atoms. The molecule has 28 heavy (non-hydrogen) atoms. The van der Waals surface area contributed by atoms with Gasteiger partial charge in [-0.1, -0.05) is 18.2 Å². The molecule has 1 saturated heterocycles. The van der Waals surface area contributed by atoms with Crippen molar-refractivity contribution < 1.29 is 14.7 Å². The molecule has 3 rings (SSSR count). The number of hydrogen-bond acceptors (Lipinski definition) is 4. The first kappa shape index (κ1) is 19.7. The van der Waals surface area contributed by atoms with Gasteiger partial charge in [-0.3, -0.25) is 4.79 Å². The second-order valence-electron chi connectivity index (χ2n) is 7.27. The number of nitrogens with zero attached hydrogens (tertiary/aromatic N) is 4. The van der Waals surface area contributed by atoms with Crippen LogP contribution in [0.2, 0.25) is 0 Å². The minimum atomic E-state index is -0.884. The number of anilines is 1. The normalized spacial score (nSPS) is 14.6. The minimum absolute atomic E-state index is 0.0392. The van der Waals surface area contributed by atoms with Crippen LogP contribution >= 0.6 is 0 Å². The van der Waals surface area contributed by atoms with Gasteiger partial charge in [-0.15, -0.1) is 0 Å². The van der Waals surface area contributed by atoms with Crippen LogP contribution < -0.4 is 4.90 Å². The van der Waals surface area contributed by atoms with Gasteiger partial charge in [0.05, 0.1) is 5.69 Å². The molecule has 1 aromatic carbocycles. The van der Waals surface area contributed by atoms with Gasteiger partial charge in [-0.05, 0) is 37.1 Å². The van der Waals surface area contributed by atoms with E-state index in [1.165, 1.54) is 4.90 Å². The molecule has 2 amide bonds. The van der Waals surface area contributed by atoms with E-state index in [2.05, 4.69) is 4.90 Å². The molecule has 1 N–H and O–H groups in total. The molecule has 0 radical (unpaired) electrons. The molecular weight excluding hydrogens is 356 g/mol. The van der Waals surface area contributed by atoms with Crippen molar-refractivity contribution in [3.8, 4) is 11.3 Å². The van der Waals surface area contributed by atoms with Crippen molar-refractivity contribution in [3.05, 3.63) is 48.0 Å². The lowest BCUT2D eigenvalue weighted by atomic mass is 10.0. The largest absolute Gasteiger partial charge is 0.465 e. The Labute approximate surface area is 165 Å². The van der Waals surface area contributed by atoms with E-state index in [0.717, 1.165) is 43.0 Å². The summed E-state index contributed by atoms with van der Waals surface area (Å²) in [5.41, 5.74) is 2.35. The van der Waals surface area contributed by atoms with Crippen molar-refractivity contribution in [1.82, 2.24) is 14.8 Å². The zero-order valence-corrected chi connectivity index (χ0v) is 16.5. The van der Waals surface area contributed by atoms with Gasteiger partial charge in [0.1, 0.15) is 5.82 Å². The number of amides is 2. The quantitative estimate of drug-likeness (QED) is 0.880. The van der Waals surface area contributed by atoms with E-state index < -0.39 is 6.09 Å². The van der Waals surface area contributed by atoms with Crippen molar-refractivity contribution in [2.75, 3.05) is 39.1 Å². The van der Waals surface area contributed by atoms with E-state index in [0.29, 0.717) is 5.56 Å². The minimum Gasteiger partial charge on any atom is -0.465 e. The van der Waals surface area contributed by atoms with Crippen LogP contribution in [0.5, 0.6) is 0 Å². The highest BCUT2D eigenvalue weighted by Gasteiger charge is 2.25. The summed E-state index contributed by atoms with van der Waals surface area (Å²) in [4.78, 5) is 33.3. The van der Waals surface area contributed by atoms with E-state index in [4.69, 9.17) is 10.1 Å². The Bertz CT molecular complexity index is 860. The number of piperidine rings is 1. The smallest absolute Gasteiger partial charge is 0.407 e. The van der Waals surface area contributed by atoms with Crippen LogP contribution in [0.3, 0.4) is 0 Å². The monoisotopic (exact) mass is 382 g/mol. The molecule has 1 fully saturated rings. The Hall–Kier alpha value is -3.09. The summed E-state index contributed by atoms with van der Waals surface area (Å²) in [6, 6.07) is 13.4. The van der Waals surface area contributed by atoms with E-state index in [1.807, 2.05) is 36.4 Å². The van der Waals surface area contributed by atoms with E-state index in [9.17, 15) is 9.59 Å². The van der Waals surface area contributed by atoms with Gasteiger partial charge in [0, 0.05) is 51.4 Å². The van der Waals surface area contributed by atoms with E-state index in [-0.39, 0.29) is 11.9 Å². The van der Waals surface area contributed by atoms with Crippen molar-refractivity contribution in [3.63, 3.8) is 0 Å². The van der Waals surface area contributed by atoms with Crippen LogP contribution in [0.1, 0.15) is 23.2 Å². The van der Waals surface area contributed by atoms with Crippen LogP contribution in [0.4, 0.5) is 10.6 Å². The van der Waals surface area contributed by atoms with Gasteiger partial charge >= 0.3 is 6.09 Å². The first-order chi connectivity index (χ1) is 13.4. The van der Waals surface area contributed by atoms with Crippen molar-refractivity contribution in [1.29, 1.82) is 0 Å². The molecule has 1 aliphatic rings. The fourth-order valence-electron chi connectivity index (χ4n) is 3.47. The maximum Gasteiger partial charge on any atom is 0.407 e. The standard InChI is InChI=1S/C21H26N4O3/c1-23(2)20(26)16-7-4-6-15(14-16)18-8-5-9-19(22-18)25-12-10-17(11-13-25)24(3)21(27)28/h4-9,14,17H,10-13H2,1-3H3,(H,27,28). The predicted octanol–water partition coefficient (Wildman–Crippen LogP) is 3.03. The zero-order valence-electron chi connectivity index (χ0n) is 16.5. The average Bonchev–Trinajstić information content (AvgIpc) is 2.72. The number of carbonyl (C=O) groups excluding carboxylic acids is 1. The van der Waals surface area contributed by atoms with Gasteiger partial charge in [0.25, 0.3) is 5.91 Å². The topological polar surface area (TPSA) is 77.0 Å². The lowest BCUT2D eigenvalue weighted by Gasteiger charge is -2.36. The summed E-state index contributed by atoms with van der Waals surface area (Å²) in [5, 5.41) is 9.15. The summed E-state index contributed by atoms with van der Waals surface area (Å²) in [6.07, 6.45) is 0.675. The maximum absolute atomic E-state index is 12.2. The molecular formula is C21H26N4O3. The Morgan fingerprint density at radius 1 is 1.07 bits per heavy atom. The van der Waals surface area contributed by atoms with Crippen LogP contribution in [0.25, 0.3) is 11.3 Å². The zero-order chi connectivity index (χ0) is 20.3. The molecule has 0 unspecified atom stereocenters. The molecule has 1 aromatic heterocycles. The fourth-order valence-corrected chi connectivity index (χ4v) is 3.47. The molecule has 2 aromatic rings. The molecule has 0 bridgehead atoms. The number of pyridine rings is 1. The van der Waals surface area contributed by atoms with Gasteiger partial charge < -0.3 is 19.8 Å². The van der Waals surface area contributed by atoms with Gasteiger partial charge in [-0.25, -0.2) is 9.78 Å². The summed E-state index contributed by atoms with van der Waals surface area (Å²) < 4.78 is 0. The first-order valence-corrected chi connectivity index (χ1v) is 9.36. The number of rotatable bonds is 4. The predicted molar refractivity (Wildman–Crippen MR) is 109 cm³/mol. The summed E-state index contributed by atoms with van der Waals surface area (Å²) in [7, 11) is 5.10. The average molecular weight is 382 g/mol. The molecule has 7 nitrogen and oxygen atoms in total. The second kappa shape index (κ2) is 8.29. The number of hydrogen-bond donors (Lipinski definition) is 1. The third-order valence-electron chi connectivity index (χ3n) is 5.18. The second-order valence-corrected chi connectivity index (χ2v) is 7.27. The van der Waals surface area contributed by atoms with Gasteiger partial charge in [0.15, 0.2) is 0 Å².